The number of hydrogen-bond acceptors (Lipinski definition) is 4. The maximum Gasteiger partial charge on any atom is 0.161 e. The standard InChI is InChI=1S/C23H19N3O2/c1-16-3-10-23-25-20(14-26(23)13-16)19-8-9-21(22(11-19)27-2)28-15-18-6-4-17(12-24)5-7-18/h3-11,13-14H,15H2,1-2H3. The molecule has 28 heavy (non-hydrogen) atoms. The number of fused-ring (bicyclic) bond motifs is 1. The van der Waals surface area contributed by atoms with E-state index in [1.54, 1.807) is 19.2 Å². The van der Waals surface area contributed by atoms with Crippen molar-refractivity contribution in [2.75, 3.05) is 7.11 Å². The van der Waals surface area contributed by atoms with Gasteiger partial charge in [0.25, 0.3) is 0 Å². The third-order valence-electron chi connectivity index (χ3n) is 4.54. The molecule has 4 aromatic rings. The molecule has 0 radical (unpaired) electrons. The molecule has 2 aromatic heterocycles. The SMILES string of the molecule is COc1cc(-c2cn3cc(C)ccc3n2)ccc1OCc1ccc(C#N)cc1. The minimum atomic E-state index is 0.398. The maximum atomic E-state index is 8.88. The first-order valence-electron chi connectivity index (χ1n) is 8.92. The molecule has 2 aromatic carbocycles. The summed E-state index contributed by atoms with van der Waals surface area (Å²) in [6.07, 6.45) is 4.06. The van der Waals surface area contributed by atoms with Crippen LogP contribution in [0.1, 0.15) is 16.7 Å². The molecule has 0 amide bonds. The summed E-state index contributed by atoms with van der Waals surface area (Å²) in [6, 6.07) is 19.3. The van der Waals surface area contributed by atoms with Gasteiger partial charge in [-0.05, 0) is 54.4 Å². The molecule has 138 valence electrons. The summed E-state index contributed by atoms with van der Waals surface area (Å²) < 4.78 is 13.5. The molecule has 0 aliphatic carbocycles. The monoisotopic (exact) mass is 369 g/mol. The van der Waals surface area contributed by atoms with Crippen LogP contribution in [-0.2, 0) is 6.61 Å². The van der Waals surface area contributed by atoms with Crippen molar-refractivity contribution < 1.29 is 9.47 Å². The van der Waals surface area contributed by atoms with Gasteiger partial charge in [-0.3, -0.25) is 0 Å². The number of pyridine rings is 1. The second-order valence-corrected chi connectivity index (χ2v) is 6.56. The Kier molecular flexibility index (Phi) is 4.69. The quantitative estimate of drug-likeness (QED) is 0.508. The molecule has 0 atom stereocenters. The van der Waals surface area contributed by atoms with Crippen LogP contribution >= 0.6 is 0 Å². The third kappa shape index (κ3) is 3.53. The Morgan fingerprint density at radius 1 is 1.00 bits per heavy atom. The predicted molar refractivity (Wildman–Crippen MR) is 107 cm³/mol. The van der Waals surface area contributed by atoms with Crippen molar-refractivity contribution in [2.24, 2.45) is 0 Å². The second-order valence-electron chi connectivity index (χ2n) is 6.56. The van der Waals surface area contributed by atoms with Crippen LogP contribution in [0, 0.1) is 18.3 Å². The van der Waals surface area contributed by atoms with Crippen molar-refractivity contribution in [3.63, 3.8) is 0 Å². The number of methoxy groups -OCH3 is 1. The number of ether oxygens (including phenoxy) is 2. The first-order valence-corrected chi connectivity index (χ1v) is 8.92. The summed E-state index contributed by atoms with van der Waals surface area (Å²) >= 11 is 0. The van der Waals surface area contributed by atoms with Crippen LogP contribution in [0.15, 0.2) is 67.0 Å². The van der Waals surface area contributed by atoms with Gasteiger partial charge in [-0.15, -0.1) is 0 Å². The fraction of sp³-hybridized carbons (Fsp3) is 0.130. The van der Waals surface area contributed by atoms with Crippen LogP contribution < -0.4 is 9.47 Å². The molecule has 0 saturated heterocycles. The number of aromatic nitrogens is 2. The Balaban J connectivity index is 1.57. The average molecular weight is 369 g/mol. The number of rotatable bonds is 5. The highest BCUT2D eigenvalue weighted by atomic mass is 16.5. The van der Waals surface area contributed by atoms with E-state index in [4.69, 9.17) is 14.7 Å². The molecule has 4 rings (SSSR count). The van der Waals surface area contributed by atoms with Crippen molar-refractivity contribution in [1.82, 2.24) is 9.38 Å². The highest BCUT2D eigenvalue weighted by Gasteiger charge is 2.10. The van der Waals surface area contributed by atoms with Gasteiger partial charge in [0.1, 0.15) is 12.3 Å². The van der Waals surface area contributed by atoms with Gasteiger partial charge in [0.2, 0.25) is 0 Å². The number of hydrogen-bond donors (Lipinski definition) is 0. The molecule has 0 aliphatic rings. The summed E-state index contributed by atoms with van der Waals surface area (Å²) in [5.41, 5.74) is 5.54. The van der Waals surface area contributed by atoms with E-state index in [2.05, 4.69) is 24.2 Å². The average Bonchev–Trinajstić information content (AvgIpc) is 3.15. The minimum absolute atomic E-state index is 0.398. The van der Waals surface area contributed by atoms with E-state index in [1.807, 2.05) is 53.1 Å². The van der Waals surface area contributed by atoms with Crippen molar-refractivity contribution in [3.8, 4) is 28.8 Å². The molecule has 0 bridgehead atoms. The Morgan fingerprint density at radius 2 is 1.82 bits per heavy atom. The fourth-order valence-electron chi connectivity index (χ4n) is 3.02. The zero-order chi connectivity index (χ0) is 19.5. The third-order valence-corrected chi connectivity index (χ3v) is 4.54. The molecular formula is C23H19N3O2. The largest absolute Gasteiger partial charge is 0.493 e. The van der Waals surface area contributed by atoms with Gasteiger partial charge in [0.05, 0.1) is 24.4 Å². The highest BCUT2D eigenvalue weighted by molar-refractivity contribution is 5.66. The van der Waals surface area contributed by atoms with Gasteiger partial charge in [-0.25, -0.2) is 4.98 Å². The summed E-state index contributed by atoms with van der Waals surface area (Å²) in [6.45, 7) is 2.46. The van der Waals surface area contributed by atoms with E-state index in [0.29, 0.717) is 23.7 Å². The van der Waals surface area contributed by atoms with Crippen molar-refractivity contribution >= 4 is 5.65 Å². The van der Waals surface area contributed by atoms with Crippen LogP contribution in [0.25, 0.3) is 16.9 Å². The molecule has 0 fully saturated rings. The molecule has 5 heteroatoms. The van der Waals surface area contributed by atoms with E-state index < -0.39 is 0 Å². The normalized spacial score (nSPS) is 10.6. The molecule has 0 spiro atoms. The molecule has 0 saturated carbocycles. The minimum Gasteiger partial charge on any atom is -0.493 e. The van der Waals surface area contributed by atoms with Crippen LogP contribution in [0.4, 0.5) is 0 Å². The molecule has 0 N–H and O–H groups in total. The first-order chi connectivity index (χ1) is 13.7. The van der Waals surface area contributed by atoms with Crippen LogP contribution in [0.5, 0.6) is 11.5 Å². The lowest BCUT2D eigenvalue weighted by Gasteiger charge is -2.12. The number of nitrogens with zero attached hydrogens (tertiary/aromatic N) is 3. The smallest absolute Gasteiger partial charge is 0.161 e. The summed E-state index contributed by atoms with van der Waals surface area (Å²) in [4.78, 5) is 4.68. The van der Waals surface area contributed by atoms with E-state index in [-0.39, 0.29) is 0 Å². The molecule has 0 aliphatic heterocycles. The number of imidazole rings is 1. The van der Waals surface area contributed by atoms with Gasteiger partial charge in [-0.1, -0.05) is 18.2 Å². The Hall–Kier alpha value is -3.78. The Morgan fingerprint density at radius 3 is 2.57 bits per heavy atom. The molecule has 5 nitrogen and oxygen atoms in total. The number of benzene rings is 2. The molecular weight excluding hydrogens is 350 g/mol. The Labute approximate surface area is 163 Å². The van der Waals surface area contributed by atoms with Crippen LogP contribution in [0.2, 0.25) is 0 Å². The number of nitriles is 1. The zero-order valence-electron chi connectivity index (χ0n) is 15.7. The first kappa shape index (κ1) is 17.6. The summed E-state index contributed by atoms with van der Waals surface area (Å²) in [5, 5.41) is 8.88. The van der Waals surface area contributed by atoms with Gasteiger partial charge in [-0.2, -0.15) is 5.26 Å². The summed E-state index contributed by atoms with van der Waals surface area (Å²) in [5.74, 6) is 1.31. The lowest BCUT2D eigenvalue weighted by Crippen LogP contribution is -1.98. The van der Waals surface area contributed by atoms with Gasteiger partial charge >= 0.3 is 0 Å². The van der Waals surface area contributed by atoms with E-state index >= 15 is 0 Å². The lowest BCUT2D eigenvalue weighted by molar-refractivity contribution is 0.284. The van der Waals surface area contributed by atoms with Crippen LogP contribution in [-0.4, -0.2) is 16.5 Å². The second kappa shape index (κ2) is 7.45. The predicted octanol–water partition coefficient (Wildman–Crippen LogP) is 4.77. The van der Waals surface area contributed by atoms with E-state index in [1.165, 1.54) is 5.56 Å². The highest BCUT2D eigenvalue weighted by Crippen LogP contribution is 2.33. The van der Waals surface area contributed by atoms with Crippen LogP contribution in [0.3, 0.4) is 0 Å². The van der Waals surface area contributed by atoms with Gasteiger partial charge in [0.15, 0.2) is 11.5 Å². The summed E-state index contributed by atoms with van der Waals surface area (Å²) in [7, 11) is 1.63. The van der Waals surface area contributed by atoms with E-state index in [0.717, 1.165) is 22.5 Å². The van der Waals surface area contributed by atoms with Gasteiger partial charge in [0, 0.05) is 18.0 Å². The maximum absolute atomic E-state index is 8.88. The van der Waals surface area contributed by atoms with Gasteiger partial charge < -0.3 is 13.9 Å². The zero-order valence-corrected chi connectivity index (χ0v) is 15.7. The number of aryl methyl sites for hydroxylation is 1. The molecule has 2 heterocycles. The Bertz CT molecular complexity index is 1170. The lowest BCUT2D eigenvalue weighted by atomic mass is 10.1. The van der Waals surface area contributed by atoms with E-state index in [9.17, 15) is 0 Å². The van der Waals surface area contributed by atoms with Crippen molar-refractivity contribution in [3.05, 3.63) is 83.7 Å². The van der Waals surface area contributed by atoms with Crippen molar-refractivity contribution in [2.45, 2.75) is 13.5 Å². The van der Waals surface area contributed by atoms with Crippen molar-refractivity contribution in [1.29, 1.82) is 5.26 Å². The topological polar surface area (TPSA) is 59.6 Å². The molecule has 0 unspecified atom stereocenters. The fourth-order valence-corrected chi connectivity index (χ4v) is 3.02.